The molecular formula is C13H18ClN3OS. The Morgan fingerprint density at radius 1 is 1.68 bits per heavy atom. The first-order valence-corrected chi connectivity index (χ1v) is 7.59. The Morgan fingerprint density at radius 2 is 2.47 bits per heavy atom. The molecule has 3 N–H and O–H groups in total. The van der Waals surface area contributed by atoms with E-state index < -0.39 is 5.54 Å². The number of thioether (sulfide) groups is 1. The van der Waals surface area contributed by atoms with Gasteiger partial charge in [-0.3, -0.25) is 4.79 Å². The molecule has 1 amide bonds. The molecular weight excluding hydrogens is 282 g/mol. The second kappa shape index (κ2) is 6.11. The van der Waals surface area contributed by atoms with Gasteiger partial charge in [-0.15, -0.1) is 11.8 Å². The maximum atomic E-state index is 11.7. The van der Waals surface area contributed by atoms with Gasteiger partial charge in [0.1, 0.15) is 5.03 Å². The Bertz CT molecular complexity index is 471. The average Bonchev–Trinajstić information content (AvgIpc) is 2.41. The number of amides is 1. The topological polar surface area (TPSA) is 68.0 Å². The Labute approximate surface area is 122 Å². The Balaban J connectivity index is 2.10. The summed E-state index contributed by atoms with van der Waals surface area (Å²) in [5, 5.41) is 4.90. The number of pyridine rings is 1. The van der Waals surface area contributed by atoms with Gasteiger partial charge < -0.3 is 11.1 Å². The maximum absolute atomic E-state index is 11.7. The van der Waals surface area contributed by atoms with Crippen molar-refractivity contribution in [2.75, 3.05) is 7.05 Å². The number of nitrogens with two attached hydrogens (primary N) is 1. The van der Waals surface area contributed by atoms with Crippen LogP contribution in [-0.4, -0.2) is 28.7 Å². The summed E-state index contributed by atoms with van der Waals surface area (Å²) in [6.45, 7) is 0. The number of halogens is 1. The number of nitrogens with one attached hydrogen (secondary N) is 1. The van der Waals surface area contributed by atoms with Gasteiger partial charge in [0.2, 0.25) is 5.91 Å². The quantitative estimate of drug-likeness (QED) is 0.894. The minimum atomic E-state index is -0.586. The average molecular weight is 300 g/mol. The lowest BCUT2D eigenvalue weighted by Gasteiger charge is -2.38. The molecule has 0 radical (unpaired) electrons. The molecule has 2 rings (SSSR count). The smallest absolute Gasteiger partial charge is 0.237 e. The van der Waals surface area contributed by atoms with E-state index in [9.17, 15) is 4.79 Å². The molecule has 0 aromatic carbocycles. The number of aromatic nitrogens is 1. The molecule has 2 atom stereocenters. The number of hydrogen-bond donors (Lipinski definition) is 2. The first-order valence-electron chi connectivity index (χ1n) is 6.33. The fourth-order valence-corrected chi connectivity index (χ4v) is 4.04. The largest absolute Gasteiger partial charge is 0.368 e. The first-order chi connectivity index (χ1) is 9.07. The van der Waals surface area contributed by atoms with Crippen molar-refractivity contribution in [1.29, 1.82) is 0 Å². The fraction of sp³-hybridized carbons (Fsp3) is 0.538. The molecule has 0 aliphatic heterocycles. The predicted molar refractivity (Wildman–Crippen MR) is 78.3 cm³/mol. The molecule has 6 heteroatoms. The van der Waals surface area contributed by atoms with Crippen LogP contribution in [0.1, 0.15) is 25.7 Å². The van der Waals surface area contributed by atoms with Crippen LogP contribution in [0.3, 0.4) is 0 Å². The molecule has 0 bridgehead atoms. The van der Waals surface area contributed by atoms with Crippen LogP contribution in [-0.2, 0) is 4.79 Å². The molecule has 19 heavy (non-hydrogen) atoms. The molecule has 1 fully saturated rings. The third-order valence-corrected chi connectivity index (χ3v) is 5.36. The van der Waals surface area contributed by atoms with Gasteiger partial charge in [0.05, 0.1) is 10.6 Å². The van der Waals surface area contributed by atoms with E-state index >= 15 is 0 Å². The molecule has 1 aromatic heterocycles. The van der Waals surface area contributed by atoms with Crippen molar-refractivity contribution in [2.24, 2.45) is 5.73 Å². The highest BCUT2D eigenvalue weighted by Gasteiger charge is 2.40. The third-order valence-electron chi connectivity index (χ3n) is 3.66. The highest BCUT2D eigenvalue weighted by molar-refractivity contribution is 8.00. The van der Waals surface area contributed by atoms with Crippen molar-refractivity contribution in [3.05, 3.63) is 23.4 Å². The standard InChI is InChI=1S/C13H18ClN3OS/c1-16-13(12(15)18)6-2-4-9(8-13)19-11-10(14)5-3-7-17-11/h3,5,7,9,16H,2,4,6,8H2,1H3,(H2,15,18). The number of primary amides is 1. The number of nitrogens with zero attached hydrogens (tertiary/aromatic N) is 1. The van der Waals surface area contributed by atoms with Gasteiger partial charge in [-0.2, -0.15) is 0 Å². The van der Waals surface area contributed by atoms with Gasteiger partial charge in [-0.1, -0.05) is 11.6 Å². The van der Waals surface area contributed by atoms with Crippen LogP contribution in [0.2, 0.25) is 5.02 Å². The summed E-state index contributed by atoms with van der Waals surface area (Å²) in [5.41, 5.74) is 4.96. The summed E-state index contributed by atoms with van der Waals surface area (Å²) in [4.78, 5) is 16.0. The molecule has 1 aliphatic rings. The zero-order valence-corrected chi connectivity index (χ0v) is 12.4. The van der Waals surface area contributed by atoms with E-state index in [1.165, 1.54) is 0 Å². The fourth-order valence-electron chi connectivity index (χ4n) is 2.51. The lowest BCUT2D eigenvalue weighted by molar-refractivity contribution is -0.125. The monoisotopic (exact) mass is 299 g/mol. The molecule has 4 nitrogen and oxygen atoms in total. The normalized spacial score (nSPS) is 27.2. The van der Waals surface area contributed by atoms with Gasteiger partial charge in [0, 0.05) is 11.4 Å². The summed E-state index contributed by atoms with van der Waals surface area (Å²) >= 11 is 7.76. The Hall–Kier alpha value is -0.780. The summed E-state index contributed by atoms with van der Waals surface area (Å²) in [6, 6.07) is 3.65. The van der Waals surface area contributed by atoms with E-state index in [0.717, 1.165) is 30.7 Å². The zero-order valence-electron chi connectivity index (χ0n) is 10.9. The van der Waals surface area contributed by atoms with Crippen molar-refractivity contribution < 1.29 is 4.79 Å². The SMILES string of the molecule is CNC1(C(N)=O)CCCC(Sc2ncccc2Cl)C1. The highest BCUT2D eigenvalue weighted by Crippen LogP contribution is 2.39. The minimum Gasteiger partial charge on any atom is -0.368 e. The summed E-state index contributed by atoms with van der Waals surface area (Å²) in [6.07, 6.45) is 5.28. The first kappa shape index (κ1) is 14.6. The van der Waals surface area contributed by atoms with Crippen molar-refractivity contribution >= 4 is 29.3 Å². The number of carbonyl (C=O) groups excluding carboxylic acids is 1. The van der Waals surface area contributed by atoms with Gasteiger partial charge in [0.15, 0.2) is 0 Å². The third kappa shape index (κ3) is 3.22. The van der Waals surface area contributed by atoms with Crippen molar-refractivity contribution in [3.8, 4) is 0 Å². The maximum Gasteiger partial charge on any atom is 0.237 e. The van der Waals surface area contributed by atoms with E-state index in [1.54, 1.807) is 25.0 Å². The Kier molecular flexibility index (Phi) is 4.71. The molecule has 1 aromatic rings. The van der Waals surface area contributed by atoms with Gasteiger partial charge in [-0.25, -0.2) is 4.98 Å². The van der Waals surface area contributed by atoms with Gasteiger partial charge in [0.25, 0.3) is 0 Å². The van der Waals surface area contributed by atoms with Gasteiger partial charge in [-0.05, 0) is 44.9 Å². The van der Waals surface area contributed by atoms with Crippen LogP contribution in [0, 0.1) is 0 Å². The van der Waals surface area contributed by atoms with Crippen molar-refractivity contribution in [1.82, 2.24) is 10.3 Å². The van der Waals surface area contributed by atoms with Crippen LogP contribution < -0.4 is 11.1 Å². The minimum absolute atomic E-state index is 0.271. The van der Waals surface area contributed by atoms with Crippen molar-refractivity contribution in [3.63, 3.8) is 0 Å². The molecule has 2 unspecified atom stereocenters. The van der Waals surface area contributed by atoms with E-state index in [2.05, 4.69) is 10.3 Å². The van der Waals surface area contributed by atoms with E-state index in [-0.39, 0.29) is 5.91 Å². The molecule has 1 aliphatic carbocycles. The van der Waals surface area contributed by atoms with Crippen LogP contribution in [0.5, 0.6) is 0 Å². The van der Waals surface area contributed by atoms with Crippen molar-refractivity contribution in [2.45, 2.75) is 41.5 Å². The Morgan fingerprint density at radius 3 is 3.11 bits per heavy atom. The van der Waals surface area contributed by atoms with Crippen LogP contribution in [0.25, 0.3) is 0 Å². The molecule has 0 saturated heterocycles. The molecule has 1 heterocycles. The lowest BCUT2D eigenvalue weighted by atomic mass is 9.81. The van der Waals surface area contributed by atoms with Gasteiger partial charge >= 0.3 is 0 Å². The van der Waals surface area contributed by atoms with Crippen LogP contribution >= 0.6 is 23.4 Å². The summed E-state index contributed by atoms with van der Waals surface area (Å²) in [5.74, 6) is -0.271. The number of hydrogen-bond acceptors (Lipinski definition) is 4. The second-order valence-corrected chi connectivity index (χ2v) is 6.52. The summed E-state index contributed by atoms with van der Waals surface area (Å²) < 4.78 is 0. The van der Waals surface area contributed by atoms with Crippen LogP contribution in [0.15, 0.2) is 23.4 Å². The zero-order chi connectivity index (χ0) is 13.9. The number of rotatable bonds is 4. The lowest BCUT2D eigenvalue weighted by Crippen LogP contribution is -2.57. The van der Waals surface area contributed by atoms with E-state index in [1.807, 2.05) is 12.1 Å². The molecule has 0 spiro atoms. The highest BCUT2D eigenvalue weighted by atomic mass is 35.5. The van der Waals surface area contributed by atoms with Crippen LogP contribution in [0.4, 0.5) is 0 Å². The van der Waals surface area contributed by atoms with E-state index in [4.69, 9.17) is 17.3 Å². The number of carbonyl (C=O) groups is 1. The second-order valence-electron chi connectivity index (χ2n) is 4.82. The molecule has 104 valence electrons. The van der Waals surface area contributed by atoms with E-state index in [0.29, 0.717) is 10.3 Å². The number of likely N-dealkylation sites (N-methyl/N-ethyl adjacent to an activating group) is 1. The summed E-state index contributed by atoms with van der Waals surface area (Å²) in [7, 11) is 1.80. The molecule has 1 saturated carbocycles. The predicted octanol–water partition coefficient (Wildman–Crippen LogP) is 2.21.